The number of aryl methyl sites for hydroxylation is 4. The highest BCUT2D eigenvalue weighted by Crippen LogP contribution is 2.28. The molecule has 3 rings (SSSR count). The average Bonchev–Trinajstić information content (AvgIpc) is 2.97. The lowest BCUT2D eigenvalue weighted by molar-refractivity contribution is 0.0949. The number of hydrogen-bond acceptors (Lipinski definition) is 4. The van der Waals surface area contributed by atoms with Gasteiger partial charge in [0.1, 0.15) is 0 Å². The Kier molecular flexibility index (Phi) is 5.79. The lowest BCUT2D eigenvalue weighted by Crippen LogP contribution is -2.41. The van der Waals surface area contributed by atoms with E-state index in [0.29, 0.717) is 10.4 Å². The van der Waals surface area contributed by atoms with Gasteiger partial charge in [0.05, 0.1) is 9.77 Å². The minimum absolute atomic E-state index is 0.177. The normalized spacial score (nSPS) is 15.0. The van der Waals surface area contributed by atoms with Crippen molar-refractivity contribution < 1.29 is 13.2 Å². The van der Waals surface area contributed by atoms with Crippen molar-refractivity contribution in [3.05, 3.63) is 50.7 Å². The predicted octanol–water partition coefficient (Wildman–Crippen LogP) is 3.65. The van der Waals surface area contributed by atoms with Crippen LogP contribution in [0.15, 0.2) is 29.2 Å². The topological polar surface area (TPSA) is 75.3 Å². The number of carbonyl (C=O) groups is 1. The second kappa shape index (κ2) is 7.90. The van der Waals surface area contributed by atoms with Crippen LogP contribution < -0.4 is 10.3 Å². The summed E-state index contributed by atoms with van der Waals surface area (Å²) in [6, 6.07) is 7.12. The van der Waals surface area contributed by atoms with Crippen molar-refractivity contribution in [1.82, 2.24) is 10.3 Å². The van der Waals surface area contributed by atoms with Crippen LogP contribution in [0.4, 0.5) is 0 Å². The molecular formula is C19H24N2O3S2. The summed E-state index contributed by atoms with van der Waals surface area (Å²) >= 11 is 1.47. The SMILES string of the molecule is Cc1ccc(C)c(S(=O)(=O)NNC(=O)c2cc3c(s2)CCCCCC3)c1. The van der Waals surface area contributed by atoms with Crippen molar-refractivity contribution in [2.75, 3.05) is 0 Å². The van der Waals surface area contributed by atoms with Gasteiger partial charge in [0, 0.05) is 4.88 Å². The number of fused-ring (bicyclic) bond motifs is 1. The van der Waals surface area contributed by atoms with Crippen LogP contribution in [0.3, 0.4) is 0 Å². The number of sulfonamides is 1. The molecule has 0 atom stereocenters. The molecular weight excluding hydrogens is 368 g/mol. The molecule has 2 aromatic rings. The summed E-state index contributed by atoms with van der Waals surface area (Å²) in [6.45, 7) is 3.56. The molecule has 5 nitrogen and oxygen atoms in total. The fourth-order valence-corrected chi connectivity index (χ4v) is 5.50. The van der Waals surface area contributed by atoms with Crippen LogP contribution in [-0.4, -0.2) is 14.3 Å². The molecule has 0 saturated carbocycles. The van der Waals surface area contributed by atoms with Crippen LogP contribution in [0.1, 0.15) is 56.9 Å². The number of amides is 1. The first-order chi connectivity index (χ1) is 12.4. The summed E-state index contributed by atoms with van der Waals surface area (Å²) < 4.78 is 25.0. The molecule has 0 saturated heterocycles. The molecule has 0 aliphatic heterocycles. The smallest absolute Gasteiger partial charge is 0.273 e. The number of rotatable bonds is 4. The summed E-state index contributed by atoms with van der Waals surface area (Å²) in [7, 11) is -3.81. The zero-order chi connectivity index (χ0) is 18.7. The van der Waals surface area contributed by atoms with E-state index in [1.165, 1.54) is 34.6 Å². The van der Waals surface area contributed by atoms with Gasteiger partial charge in [-0.25, -0.2) is 8.42 Å². The number of carbonyl (C=O) groups excluding carboxylic acids is 1. The predicted molar refractivity (Wildman–Crippen MR) is 104 cm³/mol. The van der Waals surface area contributed by atoms with E-state index >= 15 is 0 Å². The highest BCUT2D eigenvalue weighted by molar-refractivity contribution is 7.89. The molecule has 1 heterocycles. The van der Waals surface area contributed by atoms with Crippen molar-refractivity contribution in [2.24, 2.45) is 0 Å². The Balaban J connectivity index is 1.72. The Morgan fingerprint density at radius 1 is 1.04 bits per heavy atom. The van der Waals surface area contributed by atoms with E-state index in [-0.39, 0.29) is 4.90 Å². The fraction of sp³-hybridized carbons (Fsp3) is 0.421. The molecule has 1 aliphatic carbocycles. The van der Waals surface area contributed by atoms with Gasteiger partial charge >= 0.3 is 0 Å². The Labute approximate surface area is 158 Å². The third-order valence-electron chi connectivity index (χ3n) is 4.65. The Morgan fingerprint density at radius 2 is 1.77 bits per heavy atom. The molecule has 0 radical (unpaired) electrons. The second-order valence-corrected chi connectivity index (χ2v) is 9.59. The van der Waals surface area contributed by atoms with Crippen LogP contribution in [-0.2, 0) is 22.9 Å². The van der Waals surface area contributed by atoms with Crippen LogP contribution in [0.2, 0.25) is 0 Å². The first-order valence-corrected chi connectivity index (χ1v) is 11.2. The second-order valence-electron chi connectivity index (χ2n) is 6.80. The third kappa shape index (κ3) is 4.34. The third-order valence-corrected chi connectivity index (χ3v) is 7.28. The molecule has 0 spiro atoms. The number of hydrazine groups is 1. The van der Waals surface area contributed by atoms with Gasteiger partial charge in [0.15, 0.2) is 0 Å². The molecule has 0 bridgehead atoms. The van der Waals surface area contributed by atoms with Crippen LogP contribution >= 0.6 is 11.3 Å². The lowest BCUT2D eigenvalue weighted by atomic mass is 10.00. The molecule has 0 unspecified atom stereocenters. The van der Waals surface area contributed by atoms with Gasteiger partial charge in [0.25, 0.3) is 15.9 Å². The van der Waals surface area contributed by atoms with Crippen LogP contribution in [0.25, 0.3) is 0 Å². The molecule has 1 aromatic carbocycles. The Hall–Kier alpha value is -1.70. The molecule has 26 heavy (non-hydrogen) atoms. The molecule has 1 aromatic heterocycles. The van der Waals surface area contributed by atoms with E-state index in [4.69, 9.17) is 0 Å². The Bertz CT molecular complexity index is 891. The first kappa shape index (κ1) is 19.1. The molecule has 2 N–H and O–H groups in total. The maximum atomic E-state index is 12.5. The standard InChI is InChI=1S/C19H24N2O3S2/c1-13-9-10-14(2)18(11-13)26(23,24)21-20-19(22)17-12-15-7-5-3-4-6-8-16(15)25-17/h9-12,21H,3-8H2,1-2H3,(H,20,22). The van der Waals surface area contributed by atoms with Gasteiger partial charge in [-0.2, -0.15) is 0 Å². The number of thiophene rings is 1. The minimum atomic E-state index is -3.81. The number of hydrogen-bond donors (Lipinski definition) is 2. The summed E-state index contributed by atoms with van der Waals surface area (Å²) in [5.41, 5.74) is 5.08. The van der Waals surface area contributed by atoms with Crippen LogP contribution in [0.5, 0.6) is 0 Å². The van der Waals surface area contributed by atoms with E-state index in [1.54, 1.807) is 19.1 Å². The van der Waals surface area contributed by atoms with Crippen molar-refractivity contribution in [2.45, 2.75) is 57.3 Å². The van der Waals surface area contributed by atoms with Crippen molar-refractivity contribution in [3.8, 4) is 0 Å². The zero-order valence-corrected chi connectivity index (χ0v) is 16.7. The summed E-state index contributed by atoms with van der Waals surface area (Å²) in [4.78, 5) is 16.7. The maximum Gasteiger partial charge on any atom is 0.276 e. The largest absolute Gasteiger partial charge is 0.276 e. The summed E-state index contributed by atoms with van der Waals surface area (Å²) in [6.07, 6.45) is 6.74. The highest BCUT2D eigenvalue weighted by atomic mass is 32.2. The van der Waals surface area contributed by atoms with E-state index in [0.717, 1.165) is 31.2 Å². The summed E-state index contributed by atoms with van der Waals surface area (Å²) in [5, 5.41) is 0. The van der Waals surface area contributed by atoms with Crippen molar-refractivity contribution in [1.29, 1.82) is 0 Å². The molecule has 140 valence electrons. The van der Waals surface area contributed by atoms with Gasteiger partial charge in [0.2, 0.25) is 0 Å². The van der Waals surface area contributed by atoms with Gasteiger partial charge in [-0.05, 0) is 68.4 Å². The zero-order valence-electron chi connectivity index (χ0n) is 15.1. The quantitative estimate of drug-likeness (QED) is 0.780. The lowest BCUT2D eigenvalue weighted by Gasteiger charge is -2.10. The fourth-order valence-electron chi connectivity index (χ4n) is 3.18. The van der Waals surface area contributed by atoms with Gasteiger partial charge < -0.3 is 0 Å². The van der Waals surface area contributed by atoms with E-state index < -0.39 is 15.9 Å². The number of nitrogens with one attached hydrogen (secondary N) is 2. The van der Waals surface area contributed by atoms with E-state index in [9.17, 15) is 13.2 Å². The maximum absolute atomic E-state index is 12.5. The average molecular weight is 393 g/mol. The highest BCUT2D eigenvalue weighted by Gasteiger charge is 2.20. The van der Waals surface area contributed by atoms with Crippen LogP contribution in [0, 0.1) is 13.8 Å². The minimum Gasteiger partial charge on any atom is -0.273 e. The monoisotopic (exact) mass is 392 g/mol. The van der Waals surface area contributed by atoms with Crippen molar-refractivity contribution in [3.63, 3.8) is 0 Å². The number of benzene rings is 1. The molecule has 7 heteroatoms. The van der Waals surface area contributed by atoms with Gasteiger partial charge in [-0.3, -0.25) is 10.2 Å². The molecule has 0 fully saturated rings. The summed E-state index contributed by atoms with van der Waals surface area (Å²) in [5.74, 6) is -0.407. The van der Waals surface area contributed by atoms with Gasteiger partial charge in [-0.1, -0.05) is 25.0 Å². The first-order valence-electron chi connectivity index (χ1n) is 8.88. The molecule has 1 amide bonds. The Morgan fingerprint density at radius 3 is 2.54 bits per heavy atom. The van der Waals surface area contributed by atoms with E-state index in [1.807, 2.05) is 19.1 Å². The van der Waals surface area contributed by atoms with Crippen molar-refractivity contribution >= 4 is 27.3 Å². The van der Waals surface area contributed by atoms with E-state index in [2.05, 4.69) is 10.3 Å². The molecule has 1 aliphatic rings. The van der Waals surface area contributed by atoms with Gasteiger partial charge in [-0.15, -0.1) is 16.2 Å².